The predicted octanol–water partition coefficient (Wildman–Crippen LogP) is 2.07. The molecule has 1 fully saturated rings. The van der Waals surface area contributed by atoms with E-state index in [4.69, 9.17) is 4.74 Å². The number of hydrogen-bond donors (Lipinski definition) is 0. The van der Waals surface area contributed by atoms with Crippen LogP contribution in [0, 0.1) is 0 Å². The van der Waals surface area contributed by atoms with Crippen LogP contribution in [0.15, 0.2) is 24.3 Å². The molecule has 0 aromatic heterocycles. The molecule has 2 aliphatic rings. The number of benzene rings is 1. The third-order valence-corrected chi connectivity index (χ3v) is 2.64. The van der Waals surface area contributed by atoms with Gasteiger partial charge in [0.1, 0.15) is 6.10 Å². The van der Waals surface area contributed by atoms with Gasteiger partial charge in [-0.25, -0.2) is 0 Å². The summed E-state index contributed by atoms with van der Waals surface area (Å²) in [5, 5.41) is 0. The molecule has 2 atom stereocenters. The van der Waals surface area contributed by atoms with Crippen LogP contribution >= 0.6 is 0 Å². The SMILES string of the molecule is c1ccc2c(c1)CC[C@H]1O[C@@H]21. The number of hydrogen-bond acceptors (Lipinski definition) is 1. The van der Waals surface area contributed by atoms with Gasteiger partial charge in [0.25, 0.3) is 0 Å². The molecule has 0 unspecified atom stereocenters. The fraction of sp³-hybridized carbons (Fsp3) is 0.400. The summed E-state index contributed by atoms with van der Waals surface area (Å²) in [6.07, 6.45) is 3.45. The highest BCUT2D eigenvalue weighted by Gasteiger charge is 2.43. The summed E-state index contributed by atoms with van der Waals surface area (Å²) in [7, 11) is 0. The molecule has 0 amide bonds. The van der Waals surface area contributed by atoms with Crippen LogP contribution in [0.4, 0.5) is 0 Å². The van der Waals surface area contributed by atoms with Crippen LogP contribution in [-0.2, 0) is 11.2 Å². The van der Waals surface area contributed by atoms with E-state index in [9.17, 15) is 0 Å². The lowest BCUT2D eigenvalue weighted by Gasteiger charge is -2.09. The minimum Gasteiger partial charge on any atom is -0.364 e. The fourth-order valence-electron chi connectivity index (χ4n) is 1.97. The van der Waals surface area contributed by atoms with E-state index in [1.165, 1.54) is 24.0 Å². The average molecular weight is 146 g/mol. The van der Waals surface area contributed by atoms with Crippen molar-refractivity contribution in [3.05, 3.63) is 35.4 Å². The summed E-state index contributed by atoms with van der Waals surface area (Å²) < 4.78 is 5.50. The van der Waals surface area contributed by atoms with Gasteiger partial charge >= 0.3 is 0 Å². The van der Waals surface area contributed by atoms with E-state index in [-0.39, 0.29) is 0 Å². The van der Waals surface area contributed by atoms with Gasteiger partial charge in [-0.2, -0.15) is 0 Å². The van der Waals surface area contributed by atoms with Crippen LogP contribution in [-0.4, -0.2) is 6.10 Å². The number of aryl methyl sites for hydroxylation is 1. The molecule has 1 aromatic rings. The molecule has 11 heavy (non-hydrogen) atoms. The Morgan fingerprint density at radius 1 is 1.27 bits per heavy atom. The van der Waals surface area contributed by atoms with E-state index in [1.54, 1.807) is 0 Å². The Balaban J connectivity index is 2.14. The largest absolute Gasteiger partial charge is 0.364 e. The van der Waals surface area contributed by atoms with Gasteiger partial charge < -0.3 is 4.74 Å². The van der Waals surface area contributed by atoms with Crippen molar-refractivity contribution >= 4 is 0 Å². The summed E-state index contributed by atoms with van der Waals surface area (Å²) in [5.74, 6) is 0. The van der Waals surface area contributed by atoms with E-state index >= 15 is 0 Å². The Bertz CT molecular complexity index is 293. The van der Waals surface area contributed by atoms with Crippen molar-refractivity contribution < 1.29 is 4.74 Å². The molecule has 1 aliphatic heterocycles. The molecule has 1 heterocycles. The van der Waals surface area contributed by atoms with Crippen LogP contribution in [0.2, 0.25) is 0 Å². The van der Waals surface area contributed by atoms with Crippen LogP contribution in [0.1, 0.15) is 23.7 Å². The monoisotopic (exact) mass is 146 g/mol. The fourth-order valence-corrected chi connectivity index (χ4v) is 1.97. The Kier molecular flexibility index (Phi) is 0.977. The number of rotatable bonds is 0. The second-order valence-corrected chi connectivity index (χ2v) is 3.33. The van der Waals surface area contributed by atoms with Crippen LogP contribution in [0.3, 0.4) is 0 Å². The molecule has 1 aliphatic carbocycles. The summed E-state index contributed by atoms with van der Waals surface area (Å²) in [4.78, 5) is 0. The first-order valence-corrected chi connectivity index (χ1v) is 4.18. The molecule has 1 aromatic carbocycles. The smallest absolute Gasteiger partial charge is 0.109 e. The Morgan fingerprint density at radius 3 is 3.18 bits per heavy atom. The van der Waals surface area contributed by atoms with Gasteiger partial charge in [0.05, 0.1) is 6.10 Å². The number of epoxide rings is 1. The quantitative estimate of drug-likeness (QED) is 0.510. The molecule has 1 nitrogen and oxygen atoms in total. The highest BCUT2D eigenvalue weighted by molar-refractivity contribution is 5.35. The van der Waals surface area contributed by atoms with Gasteiger partial charge in [0.2, 0.25) is 0 Å². The molecule has 0 bridgehead atoms. The van der Waals surface area contributed by atoms with Crippen molar-refractivity contribution in [1.82, 2.24) is 0 Å². The minimum atomic E-state index is 0.458. The summed E-state index contributed by atoms with van der Waals surface area (Å²) >= 11 is 0. The molecule has 3 rings (SSSR count). The molecular formula is C10H10O. The first kappa shape index (κ1) is 5.78. The van der Waals surface area contributed by atoms with Gasteiger partial charge in [-0.1, -0.05) is 24.3 Å². The van der Waals surface area contributed by atoms with Crippen molar-refractivity contribution in [2.45, 2.75) is 25.0 Å². The zero-order valence-electron chi connectivity index (χ0n) is 6.29. The van der Waals surface area contributed by atoms with Crippen molar-refractivity contribution in [3.8, 4) is 0 Å². The standard InChI is InChI=1S/C10H10O/c1-2-4-8-7(3-1)5-6-9-10(8)11-9/h1-4,9-10H,5-6H2/t9-,10+/m1/s1. The van der Waals surface area contributed by atoms with E-state index in [2.05, 4.69) is 24.3 Å². The first-order valence-electron chi connectivity index (χ1n) is 4.18. The number of fused-ring (bicyclic) bond motifs is 3. The van der Waals surface area contributed by atoms with Crippen molar-refractivity contribution in [2.75, 3.05) is 0 Å². The molecule has 0 spiro atoms. The topological polar surface area (TPSA) is 12.5 Å². The summed E-state index contributed by atoms with van der Waals surface area (Å²) in [6.45, 7) is 0. The third-order valence-electron chi connectivity index (χ3n) is 2.64. The number of ether oxygens (including phenoxy) is 1. The molecule has 1 saturated heterocycles. The van der Waals surface area contributed by atoms with Crippen molar-refractivity contribution in [3.63, 3.8) is 0 Å². The second-order valence-electron chi connectivity index (χ2n) is 3.33. The molecule has 0 N–H and O–H groups in total. The van der Waals surface area contributed by atoms with Gasteiger partial charge in [-0.15, -0.1) is 0 Å². The maximum atomic E-state index is 5.50. The minimum absolute atomic E-state index is 0.458. The first-order chi connectivity index (χ1) is 5.45. The van der Waals surface area contributed by atoms with Crippen LogP contribution in [0.25, 0.3) is 0 Å². The van der Waals surface area contributed by atoms with Crippen molar-refractivity contribution in [2.24, 2.45) is 0 Å². The van der Waals surface area contributed by atoms with Crippen LogP contribution in [0.5, 0.6) is 0 Å². The van der Waals surface area contributed by atoms with Crippen LogP contribution < -0.4 is 0 Å². The molecule has 0 saturated carbocycles. The predicted molar refractivity (Wildman–Crippen MR) is 42.4 cm³/mol. The Morgan fingerprint density at radius 2 is 2.18 bits per heavy atom. The zero-order chi connectivity index (χ0) is 7.26. The summed E-state index contributed by atoms with van der Waals surface area (Å²) in [5.41, 5.74) is 2.93. The molecule has 0 radical (unpaired) electrons. The van der Waals surface area contributed by atoms with E-state index in [0.717, 1.165) is 0 Å². The van der Waals surface area contributed by atoms with Gasteiger partial charge in [-0.3, -0.25) is 0 Å². The lowest BCUT2D eigenvalue weighted by atomic mass is 9.92. The Labute approximate surface area is 66.0 Å². The van der Waals surface area contributed by atoms with E-state index < -0.39 is 0 Å². The van der Waals surface area contributed by atoms with Gasteiger partial charge in [0, 0.05) is 0 Å². The van der Waals surface area contributed by atoms with Crippen molar-refractivity contribution in [1.29, 1.82) is 0 Å². The lowest BCUT2D eigenvalue weighted by molar-refractivity contribution is 0.373. The highest BCUT2D eigenvalue weighted by Crippen LogP contribution is 2.46. The zero-order valence-corrected chi connectivity index (χ0v) is 6.29. The summed E-state index contributed by atoms with van der Waals surface area (Å²) in [6, 6.07) is 8.62. The normalized spacial score (nSPS) is 32.4. The lowest BCUT2D eigenvalue weighted by Crippen LogP contribution is -2.03. The van der Waals surface area contributed by atoms with E-state index in [1.807, 2.05) is 0 Å². The average Bonchev–Trinajstić information content (AvgIpc) is 2.83. The van der Waals surface area contributed by atoms with Gasteiger partial charge in [-0.05, 0) is 24.0 Å². The maximum absolute atomic E-state index is 5.50. The highest BCUT2D eigenvalue weighted by atomic mass is 16.6. The molecule has 1 heteroatoms. The molecule has 56 valence electrons. The second kappa shape index (κ2) is 1.86. The Hall–Kier alpha value is -0.820. The van der Waals surface area contributed by atoms with Gasteiger partial charge in [0.15, 0.2) is 0 Å². The maximum Gasteiger partial charge on any atom is 0.109 e. The third kappa shape index (κ3) is 0.746. The van der Waals surface area contributed by atoms with E-state index in [0.29, 0.717) is 12.2 Å². The molecular weight excluding hydrogens is 136 g/mol.